The number of nitrogens with one attached hydrogen (secondary N) is 1. The molecule has 3 N–H and O–H groups in total. The van der Waals surface area contributed by atoms with Gasteiger partial charge in [-0.2, -0.15) is 18.3 Å². The maximum absolute atomic E-state index is 12.5. The Morgan fingerprint density at radius 3 is 2.40 bits per heavy atom. The predicted octanol–water partition coefficient (Wildman–Crippen LogP) is 1.71. The molecule has 106 valence electrons. The average Bonchev–Trinajstić information content (AvgIpc) is 2.79. The van der Waals surface area contributed by atoms with E-state index in [1.54, 1.807) is 7.05 Å². The van der Waals surface area contributed by atoms with Crippen LogP contribution in [0.2, 0.25) is 0 Å². The molecule has 1 aromatic carbocycles. The van der Waals surface area contributed by atoms with Gasteiger partial charge in [0.2, 0.25) is 0 Å². The van der Waals surface area contributed by atoms with Crippen molar-refractivity contribution in [2.45, 2.75) is 6.18 Å². The van der Waals surface area contributed by atoms with Crippen molar-refractivity contribution in [3.05, 3.63) is 41.6 Å². The number of nitrogens with two attached hydrogens (primary N) is 1. The van der Waals surface area contributed by atoms with Gasteiger partial charge in [-0.1, -0.05) is 12.1 Å². The second-order valence-corrected chi connectivity index (χ2v) is 4.09. The molecule has 2 aromatic rings. The molecule has 1 heterocycles. The lowest BCUT2D eigenvalue weighted by atomic mass is 10.1. The van der Waals surface area contributed by atoms with Crippen LogP contribution < -0.4 is 11.3 Å². The van der Waals surface area contributed by atoms with Crippen molar-refractivity contribution in [3.8, 4) is 11.3 Å². The zero-order valence-corrected chi connectivity index (χ0v) is 10.4. The van der Waals surface area contributed by atoms with Gasteiger partial charge in [0.15, 0.2) is 5.69 Å². The normalized spacial score (nSPS) is 11.4. The standard InChI is InChI=1S/C12H11F3N4O/c1-19-10(6-9(18-19)11(20)17-16)7-2-4-8(5-3-7)12(13,14)15/h2-6H,16H2,1H3,(H,17,20). The second kappa shape index (κ2) is 4.97. The summed E-state index contributed by atoms with van der Waals surface area (Å²) >= 11 is 0. The Morgan fingerprint density at radius 1 is 1.30 bits per heavy atom. The molecule has 2 rings (SSSR count). The van der Waals surface area contributed by atoms with E-state index >= 15 is 0 Å². The zero-order chi connectivity index (χ0) is 14.9. The van der Waals surface area contributed by atoms with E-state index in [2.05, 4.69) is 5.10 Å². The number of hydrazine groups is 1. The third-order valence-electron chi connectivity index (χ3n) is 2.75. The summed E-state index contributed by atoms with van der Waals surface area (Å²) in [6, 6.07) is 6.05. The second-order valence-electron chi connectivity index (χ2n) is 4.09. The third-order valence-corrected chi connectivity index (χ3v) is 2.75. The molecule has 20 heavy (non-hydrogen) atoms. The highest BCUT2D eigenvalue weighted by atomic mass is 19.4. The zero-order valence-electron chi connectivity index (χ0n) is 10.4. The Hall–Kier alpha value is -2.35. The molecular formula is C12H11F3N4O. The van der Waals surface area contributed by atoms with Crippen molar-refractivity contribution >= 4 is 5.91 Å². The Morgan fingerprint density at radius 2 is 1.90 bits per heavy atom. The largest absolute Gasteiger partial charge is 0.416 e. The molecule has 0 spiro atoms. The van der Waals surface area contributed by atoms with E-state index in [9.17, 15) is 18.0 Å². The lowest BCUT2D eigenvalue weighted by Crippen LogP contribution is -2.30. The van der Waals surface area contributed by atoms with Gasteiger partial charge in [-0.25, -0.2) is 5.84 Å². The first-order valence-electron chi connectivity index (χ1n) is 5.55. The highest BCUT2D eigenvalue weighted by Crippen LogP contribution is 2.30. The number of carbonyl (C=O) groups excluding carboxylic acids is 1. The monoisotopic (exact) mass is 284 g/mol. The van der Waals surface area contributed by atoms with Crippen LogP contribution in [0, 0.1) is 0 Å². The number of rotatable bonds is 2. The average molecular weight is 284 g/mol. The maximum atomic E-state index is 12.5. The van der Waals surface area contributed by atoms with E-state index in [1.807, 2.05) is 5.43 Å². The summed E-state index contributed by atoms with van der Waals surface area (Å²) in [6.45, 7) is 0. The van der Waals surface area contributed by atoms with Gasteiger partial charge in [0, 0.05) is 7.05 Å². The van der Waals surface area contributed by atoms with Gasteiger partial charge in [0.25, 0.3) is 5.91 Å². The Bertz CT molecular complexity index is 631. The molecule has 1 aromatic heterocycles. The first kappa shape index (κ1) is 14.1. The number of aromatic nitrogens is 2. The van der Waals surface area contributed by atoms with Crippen LogP contribution in [0.4, 0.5) is 13.2 Å². The lowest BCUT2D eigenvalue weighted by molar-refractivity contribution is -0.137. The summed E-state index contributed by atoms with van der Waals surface area (Å²) in [4.78, 5) is 11.3. The predicted molar refractivity (Wildman–Crippen MR) is 65.3 cm³/mol. The fraction of sp³-hybridized carbons (Fsp3) is 0.167. The van der Waals surface area contributed by atoms with E-state index in [1.165, 1.54) is 22.9 Å². The number of alkyl halides is 3. The van der Waals surface area contributed by atoms with Gasteiger partial charge in [0.1, 0.15) is 0 Å². The molecule has 8 heteroatoms. The number of halogens is 3. The molecule has 0 aliphatic heterocycles. The number of benzene rings is 1. The van der Waals surface area contributed by atoms with Crippen molar-refractivity contribution in [2.24, 2.45) is 12.9 Å². The van der Waals surface area contributed by atoms with E-state index in [-0.39, 0.29) is 5.69 Å². The molecule has 0 radical (unpaired) electrons. The molecule has 0 unspecified atom stereocenters. The van der Waals surface area contributed by atoms with Crippen molar-refractivity contribution in [2.75, 3.05) is 0 Å². The minimum atomic E-state index is -4.38. The number of aryl methyl sites for hydroxylation is 1. The highest BCUT2D eigenvalue weighted by molar-refractivity contribution is 5.92. The van der Waals surface area contributed by atoms with Gasteiger partial charge >= 0.3 is 6.18 Å². The van der Waals surface area contributed by atoms with Crippen LogP contribution in [-0.2, 0) is 13.2 Å². The number of carbonyl (C=O) groups is 1. The SMILES string of the molecule is Cn1nc(C(=O)NN)cc1-c1ccc(C(F)(F)F)cc1. The first-order chi connectivity index (χ1) is 9.32. The smallest absolute Gasteiger partial charge is 0.289 e. The van der Waals surface area contributed by atoms with Gasteiger partial charge in [-0.3, -0.25) is 14.9 Å². The van der Waals surface area contributed by atoms with Gasteiger partial charge in [-0.15, -0.1) is 0 Å². The van der Waals surface area contributed by atoms with Crippen LogP contribution in [0.1, 0.15) is 16.1 Å². The van der Waals surface area contributed by atoms with Crippen LogP contribution in [0.3, 0.4) is 0 Å². The molecule has 0 bridgehead atoms. The van der Waals surface area contributed by atoms with Gasteiger partial charge in [0.05, 0.1) is 11.3 Å². The van der Waals surface area contributed by atoms with E-state index in [4.69, 9.17) is 5.84 Å². The molecule has 0 saturated heterocycles. The van der Waals surface area contributed by atoms with Crippen molar-refractivity contribution in [1.82, 2.24) is 15.2 Å². The summed E-state index contributed by atoms with van der Waals surface area (Å²) in [5.41, 5.74) is 2.32. The van der Waals surface area contributed by atoms with E-state index < -0.39 is 17.6 Å². The minimum Gasteiger partial charge on any atom is -0.289 e. The lowest BCUT2D eigenvalue weighted by Gasteiger charge is -2.07. The fourth-order valence-corrected chi connectivity index (χ4v) is 1.75. The van der Waals surface area contributed by atoms with Crippen LogP contribution in [0.15, 0.2) is 30.3 Å². The summed E-state index contributed by atoms with van der Waals surface area (Å²) in [6.07, 6.45) is -4.38. The fourth-order valence-electron chi connectivity index (χ4n) is 1.75. The van der Waals surface area contributed by atoms with Crippen LogP contribution >= 0.6 is 0 Å². The Balaban J connectivity index is 2.37. The number of amides is 1. The Labute approximate surface area is 112 Å². The quantitative estimate of drug-likeness (QED) is 0.501. The van der Waals surface area contributed by atoms with Gasteiger partial charge < -0.3 is 0 Å². The highest BCUT2D eigenvalue weighted by Gasteiger charge is 2.30. The molecule has 0 fully saturated rings. The van der Waals surface area contributed by atoms with E-state index in [0.717, 1.165) is 12.1 Å². The number of nitrogens with zero attached hydrogens (tertiary/aromatic N) is 2. The first-order valence-corrected chi connectivity index (χ1v) is 5.55. The van der Waals surface area contributed by atoms with Crippen molar-refractivity contribution in [3.63, 3.8) is 0 Å². The topological polar surface area (TPSA) is 72.9 Å². The molecule has 5 nitrogen and oxygen atoms in total. The Kier molecular flexibility index (Phi) is 3.49. The summed E-state index contributed by atoms with van der Waals surface area (Å²) in [5, 5.41) is 3.93. The van der Waals surface area contributed by atoms with Crippen LogP contribution in [-0.4, -0.2) is 15.7 Å². The molecule has 0 aliphatic carbocycles. The maximum Gasteiger partial charge on any atom is 0.416 e. The third kappa shape index (κ3) is 2.64. The summed E-state index contributed by atoms with van der Waals surface area (Å²) < 4.78 is 38.8. The molecule has 0 aliphatic rings. The minimum absolute atomic E-state index is 0.0879. The summed E-state index contributed by atoms with van der Waals surface area (Å²) in [5.74, 6) is 4.43. The molecular weight excluding hydrogens is 273 g/mol. The van der Waals surface area contributed by atoms with E-state index in [0.29, 0.717) is 11.3 Å². The summed E-state index contributed by atoms with van der Waals surface area (Å²) in [7, 11) is 1.58. The number of nitrogen functional groups attached to an aromatic ring is 1. The number of hydrogen-bond donors (Lipinski definition) is 2. The molecule has 0 atom stereocenters. The molecule has 1 amide bonds. The van der Waals surface area contributed by atoms with Crippen molar-refractivity contribution < 1.29 is 18.0 Å². The molecule has 0 saturated carbocycles. The van der Waals surface area contributed by atoms with Crippen molar-refractivity contribution in [1.29, 1.82) is 0 Å². The number of hydrogen-bond acceptors (Lipinski definition) is 3. The van der Waals surface area contributed by atoms with Crippen LogP contribution in [0.25, 0.3) is 11.3 Å². The van der Waals surface area contributed by atoms with Crippen LogP contribution in [0.5, 0.6) is 0 Å². The van der Waals surface area contributed by atoms with Gasteiger partial charge in [-0.05, 0) is 23.8 Å².